The number of hydrogen-bond donors (Lipinski definition) is 3. The third kappa shape index (κ3) is 6.79. The van der Waals surface area contributed by atoms with Gasteiger partial charge in [0.05, 0.1) is 24.1 Å². The van der Waals surface area contributed by atoms with Crippen LogP contribution in [-0.4, -0.2) is 39.6 Å². The van der Waals surface area contributed by atoms with Gasteiger partial charge in [-0.25, -0.2) is 8.42 Å². The molecule has 0 aliphatic carbocycles. The first-order valence-corrected chi connectivity index (χ1v) is 10.8. The molecule has 0 aliphatic rings. The lowest BCUT2D eigenvalue weighted by Crippen LogP contribution is -2.29. The highest BCUT2D eigenvalue weighted by molar-refractivity contribution is 7.92. The molecule has 0 bridgehead atoms. The first kappa shape index (κ1) is 22.2. The molecular formula is C20H25N3O5S. The maximum Gasteiger partial charge on any atom is 0.253 e. The van der Waals surface area contributed by atoms with Gasteiger partial charge < -0.3 is 15.4 Å². The molecule has 0 heterocycles. The highest BCUT2D eigenvalue weighted by atomic mass is 32.2. The van der Waals surface area contributed by atoms with Crippen LogP contribution in [0.25, 0.3) is 0 Å². The predicted molar refractivity (Wildman–Crippen MR) is 113 cm³/mol. The number of nitrogens with one attached hydrogen (secondary N) is 3. The summed E-state index contributed by atoms with van der Waals surface area (Å²) in [6.07, 6.45) is 0.995. The first-order chi connectivity index (χ1) is 13.6. The van der Waals surface area contributed by atoms with Crippen LogP contribution in [0.15, 0.2) is 36.4 Å². The number of amides is 2. The van der Waals surface area contributed by atoms with Crippen molar-refractivity contribution in [3.8, 4) is 5.75 Å². The first-order valence-electron chi connectivity index (χ1n) is 8.93. The number of carbonyl (C=O) groups excluding carboxylic acids is 2. The van der Waals surface area contributed by atoms with Crippen LogP contribution in [0.2, 0.25) is 0 Å². The summed E-state index contributed by atoms with van der Waals surface area (Å²) in [6.45, 7) is 5.69. The third-order valence-electron chi connectivity index (χ3n) is 3.92. The monoisotopic (exact) mass is 419 g/mol. The van der Waals surface area contributed by atoms with E-state index < -0.39 is 15.9 Å². The molecule has 2 aromatic rings. The molecule has 2 aromatic carbocycles. The maximum absolute atomic E-state index is 12.6. The second kappa shape index (κ2) is 9.42. The molecule has 3 N–H and O–H groups in total. The average molecular weight is 420 g/mol. The molecule has 9 heteroatoms. The van der Waals surface area contributed by atoms with Gasteiger partial charge in [-0.1, -0.05) is 18.2 Å². The number of anilines is 2. The Morgan fingerprint density at radius 1 is 1.07 bits per heavy atom. The van der Waals surface area contributed by atoms with Crippen LogP contribution in [0.5, 0.6) is 5.75 Å². The van der Waals surface area contributed by atoms with Crippen molar-refractivity contribution < 1.29 is 22.7 Å². The highest BCUT2D eigenvalue weighted by Crippen LogP contribution is 2.23. The molecule has 0 unspecified atom stereocenters. The fourth-order valence-corrected chi connectivity index (χ4v) is 3.32. The van der Waals surface area contributed by atoms with Crippen molar-refractivity contribution in [3.63, 3.8) is 0 Å². The molecule has 0 saturated carbocycles. The van der Waals surface area contributed by atoms with E-state index in [0.29, 0.717) is 5.69 Å². The summed E-state index contributed by atoms with van der Waals surface area (Å²) in [7, 11) is -3.58. The van der Waals surface area contributed by atoms with E-state index in [1.54, 1.807) is 0 Å². The minimum Gasteiger partial charge on any atom is -0.491 e. The molecule has 0 radical (unpaired) electrons. The van der Waals surface area contributed by atoms with E-state index >= 15 is 0 Å². The Labute approximate surface area is 170 Å². The summed E-state index contributed by atoms with van der Waals surface area (Å²) < 4.78 is 31.2. The Hall–Kier alpha value is -3.07. The van der Waals surface area contributed by atoms with Crippen molar-refractivity contribution in [2.75, 3.05) is 29.4 Å². The third-order valence-corrected chi connectivity index (χ3v) is 4.51. The zero-order valence-corrected chi connectivity index (χ0v) is 17.6. The van der Waals surface area contributed by atoms with Crippen molar-refractivity contribution in [2.24, 2.45) is 0 Å². The summed E-state index contributed by atoms with van der Waals surface area (Å²) in [5.41, 5.74) is 2.59. The van der Waals surface area contributed by atoms with Gasteiger partial charge in [-0.3, -0.25) is 14.3 Å². The summed E-state index contributed by atoms with van der Waals surface area (Å²) >= 11 is 0. The van der Waals surface area contributed by atoms with Gasteiger partial charge in [0.15, 0.2) is 0 Å². The number of benzene rings is 2. The zero-order valence-electron chi connectivity index (χ0n) is 16.8. The lowest BCUT2D eigenvalue weighted by molar-refractivity contribution is -0.114. The molecule has 29 heavy (non-hydrogen) atoms. The number of hydrogen-bond acceptors (Lipinski definition) is 5. The Morgan fingerprint density at radius 2 is 1.72 bits per heavy atom. The Bertz CT molecular complexity index is 999. The fraction of sp³-hybridized carbons (Fsp3) is 0.300. The van der Waals surface area contributed by atoms with E-state index in [1.807, 2.05) is 32.0 Å². The van der Waals surface area contributed by atoms with Gasteiger partial charge >= 0.3 is 0 Å². The summed E-state index contributed by atoms with van der Waals surface area (Å²) in [4.78, 5) is 23.9. The molecular weight excluding hydrogens is 394 g/mol. The van der Waals surface area contributed by atoms with E-state index in [0.717, 1.165) is 23.1 Å². The van der Waals surface area contributed by atoms with Gasteiger partial charge in [0.25, 0.3) is 5.91 Å². The molecule has 156 valence electrons. The molecule has 2 rings (SSSR count). The molecule has 0 saturated heterocycles. The van der Waals surface area contributed by atoms with Gasteiger partial charge in [-0.15, -0.1) is 0 Å². The molecule has 0 spiro atoms. The number of ether oxygens (including phenoxy) is 1. The zero-order chi connectivity index (χ0) is 21.6. The smallest absolute Gasteiger partial charge is 0.253 e. The van der Waals surface area contributed by atoms with E-state index in [1.165, 1.54) is 25.1 Å². The van der Waals surface area contributed by atoms with Crippen molar-refractivity contribution in [1.82, 2.24) is 5.32 Å². The molecule has 2 amide bonds. The highest BCUT2D eigenvalue weighted by Gasteiger charge is 2.15. The minimum atomic E-state index is -3.58. The van der Waals surface area contributed by atoms with Crippen molar-refractivity contribution in [2.45, 2.75) is 20.8 Å². The number of sulfonamides is 1. The standard InChI is InChI=1S/C20H25N3O5S/c1-13-6-5-7-14(2)19(13)28-11-10-21-20(25)17-12-16(22-15(3)24)8-9-18(17)23-29(4,26)27/h5-9,12,23H,10-11H2,1-4H3,(H,21,25)(H,22,24). The normalized spacial score (nSPS) is 10.9. The second-order valence-electron chi connectivity index (χ2n) is 6.64. The largest absolute Gasteiger partial charge is 0.491 e. The minimum absolute atomic E-state index is 0.0914. The molecule has 0 fully saturated rings. The van der Waals surface area contributed by atoms with Crippen LogP contribution in [0, 0.1) is 13.8 Å². The number of aryl methyl sites for hydroxylation is 2. The molecule has 0 aromatic heterocycles. The van der Waals surface area contributed by atoms with Crippen molar-refractivity contribution in [1.29, 1.82) is 0 Å². The molecule has 0 atom stereocenters. The average Bonchev–Trinajstić information content (AvgIpc) is 2.60. The van der Waals surface area contributed by atoms with Gasteiger partial charge in [-0.05, 0) is 43.2 Å². The van der Waals surface area contributed by atoms with Crippen LogP contribution >= 0.6 is 0 Å². The Morgan fingerprint density at radius 3 is 2.31 bits per heavy atom. The summed E-state index contributed by atoms with van der Waals surface area (Å²) in [5, 5.41) is 5.27. The summed E-state index contributed by atoms with van der Waals surface area (Å²) in [5.74, 6) is -0.0236. The fourth-order valence-electron chi connectivity index (χ4n) is 2.74. The van der Waals surface area contributed by atoms with E-state index in [4.69, 9.17) is 4.74 Å². The second-order valence-corrected chi connectivity index (χ2v) is 8.39. The van der Waals surface area contributed by atoms with Gasteiger partial charge in [0.2, 0.25) is 15.9 Å². The Balaban J connectivity index is 2.10. The van der Waals surface area contributed by atoms with Gasteiger partial charge in [0, 0.05) is 12.6 Å². The van der Waals surface area contributed by atoms with Crippen molar-refractivity contribution in [3.05, 3.63) is 53.1 Å². The van der Waals surface area contributed by atoms with Crippen LogP contribution in [0.1, 0.15) is 28.4 Å². The number of para-hydroxylation sites is 1. The quantitative estimate of drug-likeness (QED) is 0.569. The topological polar surface area (TPSA) is 114 Å². The lowest BCUT2D eigenvalue weighted by atomic mass is 10.1. The predicted octanol–water partition coefficient (Wildman–Crippen LogP) is 2.44. The maximum atomic E-state index is 12.6. The van der Waals surface area contributed by atoms with Crippen LogP contribution in [-0.2, 0) is 14.8 Å². The van der Waals surface area contributed by atoms with Crippen LogP contribution < -0.4 is 20.1 Å². The van der Waals surface area contributed by atoms with Crippen molar-refractivity contribution >= 4 is 33.2 Å². The number of carbonyl (C=O) groups is 2. The summed E-state index contributed by atoms with van der Waals surface area (Å²) in [6, 6.07) is 10.2. The van der Waals surface area contributed by atoms with E-state index in [2.05, 4.69) is 15.4 Å². The van der Waals surface area contributed by atoms with E-state index in [-0.39, 0.29) is 30.3 Å². The molecule has 0 aliphatic heterocycles. The van der Waals surface area contributed by atoms with Crippen LogP contribution in [0.4, 0.5) is 11.4 Å². The molecule has 8 nitrogen and oxygen atoms in total. The number of rotatable bonds is 8. The van der Waals surface area contributed by atoms with Gasteiger partial charge in [-0.2, -0.15) is 0 Å². The van der Waals surface area contributed by atoms with E-state index in [9.17, 15) is 18.0 Å². The Kier molecular flexibility index (Phi) is 7.22. The SMILES string of the molecule is CC(=O)Nc1ccc(NS(C)(=O)=O)c(C(=O)NCCOc2c(C)cccc2C)c1. The van der Waals surface area contributed by atoms with Crippen LogP contribution in [0.3, 0.4) is 0 Å². The van der Waals surface area contributed by atoms with Gasteiger partial charge in [0.1, 0.15) is 12.4 Å². The lowest BCUT2D eigenvalue weighted by Gasteiger charge is -2.14.